The van der Waals surface area contributed by atoms with E-state index in [4.69, 9.17) is 23.7 Å². The molecule has 198 valence electrons. The van der Waals surface area contributed by atoms with Crippen molar-refractivity contribution >= 4 is 11.9 Å². The van der Waals surface area contributed by atoms with Gasteiger partial charge in [0.05, 0.1) is 30.9 Å². The third-order valence-electron chi connectivity index (χ3n) is 5.90. The van der Waals surface area contributed by atoms with Crippen LogP contribution in [-0.2, 0) is 30.3 Å². The first-order chi connectivity index (χ1) is 18.6. The highest BCUT2D eigenvalue weighted by Gasteiger charge is 2.50. The van der Waals surface area contributed by atoms with Crippen molar-refractivity contribution in [3.63, 3.8) is 0 Å². The van der Waals surface area contributed by atoms with Crippen molar-refractivity contribution in [2.45, 2.75) is 37.3 Å². The van der Waals surface area contributed by atoms with Crippen molar-refractivity contribution in [1.82, 2.24) is 0 Å². The molecule has 1 aliphatic rings. The quantitative estimate of drug-likeness (QED) is 0.301. The van der Waals surface area contributed by atoms with Crippen LogP contribution in [0.4, 0.5) is 0 Å². The molecule has 8 nitrogen and oxygen atoms in total. The fourth-order valence-electron chi connectivity index (χ4n) is 3.98. The van der Waals surface area contributed by atoms with Gasteiger partial charge in [0.15, 0.2) is 18.5 Å². The van der Waals surface area contributed by atoms with Crippen molar-refractivity contribution in [2.24, 2.45) is 0 Å². The van der Waals surface area contributed by atoms with E-state index in [0.717, 1.165) is 5.56 Å². The molecule has 1 fully saturated rings. The molecule has 0 saturated carbocycles. The summed E-state index contributed by atoms with van der Waals surface area (Å²) >= 11 is 0. The summed E-state index contributed by atoms with van der Waals surface area (Å²) in [6.45, 7) is 3.98. The molecule has 1 aliphatic heterocycles. The highest BCUT2D eigenvalue weighted by atomic mass is 16.7. The van der Waals surface area contributed by atoms with Gasteiger partial charge < -0.3 is 28.8 Å². The fraction of sp³-hybridized carbons (Fsp3) is 0.267. The Bertz CT molecular complexity index is 1170. The first-order valence-electron chi connectivity index (χ1n) is 12.3. The third kappa shape index (κ3) is 7.14. The molecule has 0 aromatic heterocycles. The molecule has 5 atom stereocenters. The Kier molecular flexibility index (Phi) is 9.77. The number of ether oxygens (including phenoxy) is 5. The van der Waals surface area contributed by atoms with Gasteiger partial charge in [-0.1, -0.05) is 72.8 Å². The maximum Gasteiger partial charge on any atom is 0.338 e. The number of benzene rings is 3. The predicted octanol–water partition coefficient (Wildman–Crippen LogP) is 3.94. The van der Waals surface area contributed by atoms with Crippen LogP contribution in [0.15, 0.2) is 104 Å². The van der Waals surface area contributed by atoms with Crippen LogP contribution in [0.3, 0.4) is 0 Å². The molecule has 1 heterocycles. The van der Waals surface area contributed by atoms with Gasteiger partial charge in [0.1, 0.15) is 12.2 Å². The molecule has 0 aliphatic carbocycles. The molecule has 0 spiro atoms. The average Bonchev–Trinajstić information content (AvgIpc) is 2.96. The molecule has 3 aromatic rings. The maximum atomic E-state index is 13.0. The minimum Gasteiger partial charge on any atom is -0.452 e. The average molecular weight is 519 g/mol. The second kappa shape index (κ2) is 13.6. The van der Waals surface area contributed by atoms with E-state index in [0.29, 0.717) is 0 Å². The first kappa shape index (κ1) is 27.2. The first-order valence-corrected chi connectivity index (χ1v) is 12.3. The molecule has 3 aromatic carbocycles. The number of aliphatic hydroxyl groups is 1. The Hall–Kier alpha value is -3.82. The molecule has 8 heteroatoms. The van der Waals surface area contributed by atoms with Crippen molar-refractivity contribution in [3.8, 4) is 0 Å². The summed E-state index contributed by atoms with van der Waals surface area (Å²) in [7, 11) is 0. The molecule has 0 radical (unpaired) electrons. The summed E-state index contributed by atoms with van der Waals surface area (Å²) in [5, 5.41) is 11.3. The summed E-state index contributed by atoms with van der Waals surface area (Å²) < 4.78 is 29.0. The van der Waals surface area contributed by atoms with Gasteiger partial charge in [-0.25, -0.2) is 9.59 Å². The summed E-state index contributed by atoms with van der Waals surface area (Å²) in [6.07, 6.45) is -4.54. The van der Waals surface area contributed by atoms with Gasteiger partial charge in [-0.2, -0.15) is 0 Å². The molecule has 0 bridgehead atoms. The standard InChI is InChI=1S/C30H30O8/c1-2-18-35-30-27(38-29(33)23-16-10-5-11-17-23)26(37-28(32)22-14-8-4-9-15-22)25(31)24(36-30)20-34-19-21-12-6-3-7-13-21/h2-17,24-27,30-31H,1,18-20H2/t24-,25-,26+,27-,30+/m1/s1. The number of rotatable bonds is 11. The van der Waals surface area contributed by atoms with Crippen LogP contribution in [0.25, 0.3) is 0 Å². The van der Waals surface area contributed by atoms with Crippen LogP contribution in [0.2, 0.25) is 0 Å². The smallest absolute Gasteiger partial charge is 0.338 e. The van der Waals surface area contributed by atoms with E-state index in [1.807, 2.05) is 30.3 Å². The van der Waals surface area contributed by atoms with Crippen molar-refractivity contribution in [3.05, 3.63) is 120 Å². The monoisotopic (exact) mass is 518 g/mol. The van der Waals surface area contributed by atoms with Gasteiger partial charge >= 0.3 is 11.9 Å². The molecular weight excluding hydrogens is 488 g/mol. The van der Waals surface area contributed by atoms with E-state index in [9.17, 15) is 14.7 Å². The van der Waals surface area contributed by atoms with E-state index in [1.165, 1.54) is 6.08 Å². The Morgan fingerprint density at radius 3 is 1.89 bits per heavy atom. The van der Waals surface area contributed by atoms with E-state index < -0.39 is 42.6 Å². The lowest BCUT2D eigenvalue weighted by atomic mass is 9.98. The van der Waals surface area contributed by atoms with Crippen molar-refractivity contribution in [2.75, 3.05) is 13.2 Å². The maximum absolute atomic E-state index is 13.0. The highest BCUT2D eigenvalue weighted by molar-refractivity contribution is 5.90. The van der Waals surface area contributed by atoms with Crippen LogP contribution in [-0.4, -0.2) is 61.0 Å². The SMILES string of the molecule is C=CCO[C@H]1O[C@H](COCc2ccccc2)[C@@H](O)[C@H](OC(=O)c2ccccc2)[C@H]1OC(=O)c1ccccc1. The Morgan fingerprint density at radius 1 is 0.816 bits per heavy atom. The summed E-state index contributed by atoms with van der Waals surface area (Å²) in [6, 6.07) is 26.2. The molecule has 4 rings (SSSR count). The van der Waals surface area contributed by atoms with Crippen molar-refractivity contribution in [1.29, 1.82) is 0 Å². The lowest BCUT2D eigenvalue weighted by molar-refractivity contribution is -0.299. The third-order valence-corrected chi connectivity index (χ3v) is 5.90. The van der Waals surface area contributed by atoms with Gasteiger partial charge in [0.2, 0.25) is 0 Å². The van der Waals surface area contributed by atoms with E-state index >= 15 is 0 Å². The summed E-state index contributed by atoms with van der Waals surface area (Å²) in [5.41, 5.74) is 1.50. The number of hydrogen-bond acceptors (Lipinski definition) is 8. The minimum absolute atomic E-state index is 0.0251. The van der Waals surface area contributed by atoms with Gasteiger partial charge in [0.25, 0.3) is 0 Å². The largest absolute Gasteiger partial charge is 0.452 e. The zero-order chi connectivity index (χ0) is 26.7. The lowest BCUT2D eigenvalue weighted by Gasteiger charge is -2.43. The van der Waals surface area contributed by atoms with Crippen LogP contribution in [0, 0.1) is 0 Å². The van der Waals surface area contributed by atoms with Gasteiger partial charge in [0, 0.05) is 0 Å². The van der Waals surface area contributed by atoms with Crippen molar-refractivity contribution < 1.29 is 38.4 Å². The second-order valence-corrected chi connectivity index (χ2v) is 8.63. The molecule has 0 amide bonds. The van der Waals surface area contributed by atoms with E-state index in [1.54, 1.807) is 60.7 Å². The fourth-order valence-corrected chi connectivity index (χ4v) is 3.98. The molecule has 38 heavy (non-hydrogen) atoms. The highest BCUT2D eigenvalue weighted by Crippen LogP contribution is 2.29. The minimum atomic E-state index is -1.38. The van der Waals surface area contributed by atoms with E-state index in [-0.39, 0.29) is 30.9 Å². The molecule has 0 unspecified atom stereocenters. The van der Waals surface area contributed by atoms with Crippen LogP contribution >= 0.6 is 0 Å². The number of carbonyl (C=O) groups is 2. The van der Waals surface area contributed by atoms with E-state index in [2.05, 4.69) is 6.58 Å². The van der Waals surface area contributed by atoms with Crippen LogP contribution < -0.4 is 0 Å². The number of aliphatic hydroxyl groups excluding tert-OH is 1. The molecular formula is C30H30O8. The zero-order valence-electron chi connectivity index (χ0n) is 20.8. The summed E-state index contributed by atoms with van der Waals surface area (Å²) in [5.74, 6) is -1.37. The predicted molar refractivity (Wildman–Crippen MR) is 138 cm³/mol. The van der Waals surface area contributed by atoms with Crippen LogP contribution in [0.1, 0.15) is 26.3 Å². The molecule has 1 N–H and O–H groups in total. The molecule has 1 saturated heterocycles. The number of carbonyl (C=O) groups excluding carboxylic acids is 2. The van der Waals surface area contributed by atoms with Gasteiger partial charge in [-0.3, -0.25) is 0 Å². The van der Waals surface area contributed by atoms with Gasteiger partial charge in [-0.05, 0) is 29.8 Å². The number of esters is 2. The lowest BCUT2D eigenvalue weighted by Crippen LogP contribution is -2.62. The Morgan fingerprint density at radius 2 is 1.34 bits per heavy atom. The second-order valence-electron chi connectivity index (χ2n) is 8.63. The topological polar surface area (TPSA) is 101 Å². The zero-order valence-corrected chi connectivity index (χ0v) is 20.8. The Balaban J connectivity index is 1.56. The van der Waals surface area contributed by atoms with Gasteiger partial charge in [-0.15, -0.1) is 6.58 Å². The van der Waals surface area contributed by atoms with Crippen LogP contribution in [0.5, 0.6) is 0 Å². The normalized spacial score (nSPS) is 22.8. The summed E-state index contributed by atoms with van der Waals surface area (Å²) in [4.78, 5) is 25.9. The Labute approximate surface area is 221 Å². The number of hydrogen-bond donors (Lipinski definition) is 1.